The molecule has 1 spiro atoms. The molecule has 2 amide bonds. The Morgan fingerprint density at radius 3 is 2.88 bits per heavy atom. The van der Waals surface area contributed by atoms with Gasteiger partial charge in [0.05, 0.1) is 6.33 Å². The van der Waals surface area contributed by atoms with Crippen molar-refractivity contribution in [2.24, 2.45) is 11.3 Å². The van der Waals surface area contributed by atoms with E-state index in [2.05, 4.69) is 9.97 Å². The number of hydrogen-bond acceptors (Lipinski definition) is 4. The van der Waals surface area contributed by atoms with Gasteiger partial charge in [-0.05, 0) is 38.0 Å². The Morgan fingerprint density at radius 1 is 1.28 bits per heavy atom. The summed E-state index contributed by atoms with van der Waals surface area (Å²) in [5.41, 5.74) is -0.318. The first-order valence-electron chi connectivity index (χ1n) is 9.16. The molecule has 0 radical (unpaired) electrons. The number of nitrogens with zero attached hydrogens (tertiary/aromatic N) is 3. The number of piperidine rings is 2. The van der Waals surface area contributed by atoms with Gasteiger partial charge in [0.25, 0.3) is 11.5 Å². The fourth-order valence-electron chi connectivity index (χ4n) is 4.26. The quantitative estimate of drug-likeness (QED) is 0.887. The van der Waals surface area contributed by atoms with Crippen LogP contribution in [0.2, 0.25) is 0 Å². The molecule has 4 rings (SSSR count). The standard InChI is InChI=1S/C18H24N4O3/c23-15-4-6-18(11-22(15)9-13-2-3-13)5-1-7-21(10-18)17(25)14-8-19-12-20-16(14)24/h8,12-13H,1-7,9-11H2,(H,19,20,24)/t18-/m1/s1. The summed E-state index contributed by atoms with van der Waals surface area (Å²) in [6, 6.07) is 0. The minimum atomic E-state index is -0.395. The van der Waals surface area contributed by atoms with Crippen LogP contribution in [0.25, 0.3) is 0 Å². The third-order valence-corrected chi connectivity index (χ3v) is 5.82. The molecule has 7 nitrogen and oxygen atoms in total. The molecule has 0 unspecified atom stereocenters. The van der Waals surface area contributed by atoms with Crippen LogP contribution in [0.1, 0.15) is 48.9 Å². The number of likely N-dealkylation sites (tertiary alicyclic amines) is 2. The van der Waals surface area contributed by atoms with Gasteiger partial charge >= 0.3 is 0 Å². The van der Waals surface area contributed by atoms with Gasteiger partial charge < -0.3 is 14.8 Å². The molecule has 3 fully saturated rings. The maximum absolute atomic E-state index is 12.8. The summed E-state index contributed by atoms with van der Waals surface area (Å²) in [6.07, 6.45) is 8.44. The van der Waals surface area contributed by atoms with Crippen LogP contribution in [-0.2, 0) is 4.79 Å². The first-order valence-corrected chi connectivity index (χ1v) is 9.16. The molecule has 7 heteroatoms. The Bertz CT molecular complexity index is 742. The van der Waals surface area contributed by atoms with Gasteiger partial charge in [0.1, 0.15) is 5.56 Å². The lowest BCUT2D eigenvalue weighted by Gasteiger charge is -2.48. The number of aromatic amines is 1. The lowest BCUT2D eigenvalue weighted by atomic mass is 9.73. The van der Waals surface area contributed by atoms with Crippen molar-refractivity contribution in [3.05, 3.63) is 28.4 Å². The zero-order valence-corrected chi connectivity index (χ0v) is 14.4. The number of hydrogen-bond donors (Lipinski definition) is 1. The van der Waals surface area contributed by atoms with Crippen LogP contribution >= 0.6 is 0 Å². The molecule has 134 valence electrons. The molecule has 1 aliphatic carbocycles. The first kappa shape index (κ1) is 16.3. The molecule has 3 heterocycles. The third kappa shape index (κ3) is 3.32. The Hall–Kier alpha value is -2.18. The largest absolute Gasteiger partial charge is 0.342 e. The van der Waals surface area contributed by atoms with E-state index in [0.717, 1.165) is 32.4 Å². The summed E-state index contributed by atoms with van der Waals surface area (Å²) in [6.45, 7) is 2.90. The van der Waals surface area contributed by atoms with E-state index >= 15 is 0 Å². The van der Waals surface area contributed by atoms with E-state index in [1.165, 1.54) is 25.4 Å². The topological polar surface area (TPSA) is 86.4 Å². The summed E-state index contributed by atoms with van der Waals surface area (Å²) in [4.78, 5) is 47.1. The van der Waals surface area contributed by atoms with E-state index in [9.17, 15) is 14.4 Å². The maximum atomic E-state index is 12.8. The molecule has 0 aromatic carbocycles. The first-order chi connectivity index (χ1) is 12.1. The fourth-order valence-corrected chi connectivity index (χ4v) is 4.26. The van der Waals surface area contributed by atoms with Crippen molar-refractivity contribution in [1.29, 1.82) is 0 Å². The van der Waals surface area contributed by atoms with Crippen LogP contribution in [0.3, 0.4) is 0 Å². The second-order valence-electron chi connectivity index (χ2n) is 7.84. The number of carbonyl (C=O) groups is 2. The number of amides is 2. The van der Waals surface area contributed by atoms with Gasteiger partial charge in [-0.1, -0.05) is 0 Å². The van der Waals surface area contributed by atoms with E-state index in [4.69, 9.17) is 0 Å². The maximum Gasteiger partial charge on any atom is 0.263 e. The average Bonchev–Trinajstić information content (AvgIpc) is 3.42. The smallest absolute Gasteiger partial charge is 0.263 e. The van der Waals surface area contributed by atoms with Crippen molar-refractivity contribution >= 4 is 11.8 Å². The normalized spacial score (nSPS) is 27.0. The van der Waals surface area contributed by atoms with Crippen molar-refractivity contribution in [3.63, 3.8) is 0 Å². The lowest BCUT2D eigenvalue weighted by molar-refractivity contribution is -0.139. The second kappa shape index (κ2) is 6.28. The minimum absolute atomic E-state index is 0.0221. The van der Waals surface area contributed by atoms with Crippen LogP contribution in [-0.4, -0.2) is 57.8 Å². The van der Waals surface area contributed by atoms with Crippen molar-refractivity contribution in [2.75, 3.05) is 26.2 Å². The van der Waals surface area contributed by atoms with Crippen LogP contribution < -0.4 is 5.56 Å². The Balaban J connectivity index is 1.50. The van der Waals surface area contributed by atoms with Crippen LogP contribution in [0.15, 0.2) is 17.3 Å². The molecular formula is C18H24N4O3. The van der Waals surface area contributed by atoms with Gasteiger partial charge in [0.15, 0.2) is 0 Å². The van der Waals surface area contributed by atoms with Gasteiger partial charge in [-0.25, -0.2) is 4.98 Å². The highest BCUT2D eigenvalue weighted by Gasteiger charge is 2.44. The molecule has 2 saturated heterocycles. The highest BCUT2D eigenvalue weighted by atomic mass is 16.2. The molecule has 3 aliphatic rings. The average molecular weight is 344 g/mol. The molecule has 1 aromatic rings. The van der Waals surface area contributed by atoms with E-state index in [-0.39, 0.29) is 22.8 Å². The highest BCUT2D eigenvalue weighted by molar-refractivity contribution is 5.93. The van der Waals surface area contributed by atoms with E-state index in [0.29, 0.717) is 25.4 Å². The van der Waals surface area contributed by atoms with Gasteiger partial charge in [0.2, 0.25) is 5.91 Å². The Labute approximate surface area is 146 Å². The molecule has 2 aliphatic heterocycles. The predicted molar refractivity (Wildman–Crippen MR) is 91.0 cm³/mol. The number of carbonyl (C=O) groups excluding carboxylic acids is 2. The summed E-state index contributed by atoms with van der Waals surface area (Å²) < 4.78 is 0. The SMILES string of the molecule is O=C1CC[C@@]2(CCCN(C(=O)c3cnc[nH]c3=O)C2)CN1CC1CC1. The monoisotopic (exact) mass is 344 g/mol. The van der Waals surface area contributed by atoms with Gasteiger partial charge in [-0.3, -0.25) is 14.4 Å². The Kier molecular flexibility index (Phi) is 4.09. The summed E-state index contributed by atoms with van der Waals surface area (Å²) in [7, 11) is 0. The second-order valence-corrected chi connectivity index (χ2v) is 7.84. The van der Waals surface area contributed by atoms with Crippen molar-refractivity contribution < 1.29 is 9.59 Å². The zero-order chi connectivity index (χ0) is 17.4. The van der Waals surface area contributed by atoms with Gasteiger partial charge in [0, 0.05) is 44.2 Å². The zero-order valence-electron chi connectivity index (χ0n) is 14.4. The van der Waals surface area contributed by atoms with Crippen LogP contribution in [0.4, 0.5) is 0 Å². The molecular weight excluding hydrogens is 320 g/mol. The lowest BCUT2D eigenvalue weighted by Crippen LogP contribution is -2.55. The highest BCUT2D eigenvalue weighted by Crippen LogP contribution is 2.40. The van der Waals surface area contributed by atoms with E-state index < -0.39 is 5.56 Å². The Morgan fingerprint density at radius 2 is 2.12 bits per heavy atom. The molecule has 1 N–H and O–H groups in total. The summed E-state index contributed by atoms with van der Waals surface area (Å²) >= 11 is 0. The van der Waals surface area contributed by atoms with Crippen molar-refractivity contribution in [3.8, 4) is 0 Å². The summed E-state index contributed by atoms with van der Waals surface area (Å²) in [5, 5.41) is 0. The van der Waals surface area contributed by atoms with Crippen LogP contribution in [0, 0.1) is 11.3 Å². The van der Waals surface area contributed by atoms with Crippen molar-refractivity contribution in [1.82, 2.24) is 19.8 Å². The van der Waals surface area contributed by atoms with E-state index in [1.54, 1.807) is 4.90 Å². The predicted octanol–water partition coefficient (Wildman–Crippen LogP) is 1.02. The molecule has 0 bridgehead atoms. The number of H-pyrrole nitrogens is 1. The molecule has 1 aromatic heterocycles. The molecule has 1 atom stereocenters. The van der Waals surface area contributed by atoms with Crippen LogP contribution in [0.5, 0.6) is 0 Å². The van der Waals surface area contributed by atoms with Crippen molar-refractivity contribution in [2.45, 2.75) is 38.5 Å². The minimum Gasteiger partial charge on any atom is -0.342 e. The third-order valence-electron chi connectivity index (χ3n) is 5.82. The summed E-state index contributed by atoms with van der Waals surface area (Å²) in [5.74, 6) is 0.679. The number of aromatic nitrogens is 2. The molecule has 1 saturated carbocycles. The fraction of sp³-hybridized carbons (Fsp3) is 0.667. The van der Waals surface area contributed by atoms with Gasteiger partial charge in [-0.2, -0.15) is 0 Å². The number of rotatable bonds is 3. The van der Waals surface area contributed by atoms with Gasteiger partial charge in [-0.15, -0.1) is 0 Å². The molecule has 25 heavy (non-hydrogen) atoms. The number of nitrogens with one attached hydrogen (secondary N) is 1. The van der Waals surface area contributed by atoms with E-state index in [1.807, 2.05) is 4.90 Å².